The van der Waals surface area contributed by atoms with Crippen LogP contribution in [0.3, 0.4) is 0 Å². The predicted molar refractivity (Wildman–Crippen MR) is 57.5 cm³/mol. The van der Waals surface area contributed by atoms with Gasteiger partial charge >= 0.3 is 0 Å². The number of amides is 1. The molecule has 1 amide bonds. The summed E-state index contributed by atoms with van der Waals surface area (Å²) in [4.78, 5) is 15.4. The van der Waals surface area contributed by atoms with E-state index < -0.39 is 0 Å². The summed E-state index contributed by atoms with van der Waals surface area (Å²) >= 11 is 0. The van der Waals surface area contributed by atoms with Crippen molar-refractivity contribution in [2.24, 2.45) is 0 Å². The standard InChI is InChI=1S/C11H20N2O2/c1-9(14)12-5-2-10(3-6-12)13-7-4-11(15)8-13/h10-11,15H,2-8H2,1H3/t11-/m0/s1. The van der Waals surface area contributed by atoms with E-state index in [0.717, 1.165) is 45.4 Å². The highest BCUT2D eigenvalue weighted by Gasteiger charge is 2.30. The monoisotopic (exact) mass is 212 g/mol. The van der Waals surface area contributed by atoms with Crippen LogP contribution in [0.1, 0.15) is 26.2 Å². The highest BCUT2D eigenvalue weighted by molar-refractivity contribution is 5.73. The number of β-amino-alcohol motifs (C(OH)–C–C–N with tert-alkyl or cyclic N) is 1. The zero-order valence-corrected chi connectivity index (χ0v) is 9.35. The molecule has 0 radical (unpaired) electrons. The molecule has 0 aromatic heterocycles. The maximum absolute atomic E-state index is 11.2. The molecule has 4 heteroatoms. The van der Waals surface area contributed by atoms with Crippen molar-refractivity contribution in [2.75, 3.05) is 26.2 Å². The molecule has 0 aromatic carbocycles. The molecule has 2 aliphatic rings. The van der Waals surface area contributed by atoms with Crippen molar-refractivity contribution in [3.05, 3.63) is 0 Å². The van der Waals surface area contributed by atoms with Crippen LogP contribution in [0.25, 0.3) is 0 Å². The van der Waals surface area contributed by atoms with E-state index in [1.807, 2.05) is 4.90 Å². The lowest BCUT2D eigenvalue weighted by Crippen LogP contribution is -2.45. The number of carbonyl (C=O) groups excluding carboxylic acids is 1. The highest BCUT2D eigenvalue weighted by Crippen LogP contribution is 2.21. The van der Waals surface area contributed by atoms with Crippen LogP contribution in [0.15, 0.2) is 0 Å². The van der Waals surface area contributed by atoms with Gasteiger partial charge in [-0.2, -0.15) is 0 Å². The average molecular weight is 212 g/mol. The van der Waals surface area contributed by atoms with E-state index in [1.54, 1.807) is 6.92 Å². The topological polar surface area (TPSA) is 43.8 Å². The van der Waals surface area contributed by atoms with Gasteiger partial charge in [-0.15, -0.1) is 0 Å². The number of nitrogens with zero attached hydrogens (tertiary/aromatic N) is 2. The zero-order valence-electron chi connectivity index (χ0n) is 9.35. The second kappa shape index (κ2) is 4.49. The predicted octanol–water partition coefficient (Wildman–Crippen LogP) is 0.0639. The number of piperidine rings is 1. The van der Waals surface area contributed by atoms with Crippen LogP contribution < -0.4 is 0 Å². The molecule has 2 heterocycles. The van der Waals surface area contributed by atoms with Crippen molar-refractivity contribution in [3.8, 4) is 0 Å². The summed E-state index contributed by atoms with van der Waals surface area (Å²) in [5.41, 5.74) is 0. The minimum atomic E-state index is -0.129. The van der Waals surface area contributed by atoms with Crippen LogP contribution in [0, 0.1) is 0 Å². The summed E-state index contributed by atoms with van der Waals surface area (Å²) in [6, 6.07) is 0.581. The van der Waals surface area contributed by atoms with Gasteiger partial charge in [-0.05, 0) is 19.3 Å². The second-order valence-corrected chi connectivity index (χ2v) is 4.67. The maximum Gasteiger partial charge on any atom is 0.219 e. The number of rotatable bonds is 1. The molecule has 2 rings (SSSR count). The van der Waals surface area contributed by atoms with Gasteiger partial charge in [-0.3, -0.25) is 9.69 Å². The van der Waals surface area contributed by atoms with Gasteiger partial charge in [0, 0.05) is 39.1 Å². The molecular formula is C11H20N2O2. The van der Waals surface area contributed by atoms with Crippen molar-refractivity contribution in [2.45, 2.75) is 38.3 Å². The first-order chi connectivity index (χ1) is 7.16. The fourth-order valence-electron chi connectivity index (χ4n) is 2.65. The van der Waals surface area contributed by atoms with E-state index in [-0.39, 0.29) is 12.0 Å². The summed E-state index contributed by atoms with van der Waals surface area (Å²) in [5.74, 6) is 0.190. The van der Waals surface area contributed by atoms with Crippen molar-refractivity contribution in [1.82, 2.24) is 9.80 Å². The Hall–Kier alpha value is -0.610. The molecular weight excluding hydrogens is 192 g/mol. The normalized spacial score (nSPS) is 29.7. The minimum absolute atomic E-state index is 0.129. The Balaban J connectivity index is 1.80. The second-order valence-electron chi connectivity index (χ2n) is 4.67. The smallest absolute Gasteiger partial charge is 0.219 e. The Morgan fingerprint density at radius 3 is 2.33 bits per heavy atom. The first-order valence-electron chi connectivity index (χ1n) is 5.84. The van der Waals surface area contributed by atoms with Gasteiger partial charge in [-0.25, -0.2) is 0 Å². The highest BCUT2D eigenvalue weighted by atomic mass is 16.3. The third kappa shape index (κ3) is 2.49. The van der Waals surface area contributed by atoms with Crippen LogP contribution in [-0.4, -0.2) is 59.1 Å². The number of aliphatic hydroxyl groups excluding tert-OH is 1. The Morgan fingerprint density at radius 1 is 1.20 bits per heavy atom. The SMILES string of the molecule is CC(=O)N1CCC(N2CC[C@H](O)C2)CC1. The molecule has 4 nitrogen and oxygen atoms in total. The molecule has 1 atom stereocenters. The van der Waals surface area contributed by atoms with Gasteiger partial charge in [0.15, 0.2) is 0 Å². The summed E-state index contributed by atoms with van der Waals surface area (Å²) in [5, 5.41) is 9.46. The molecule has 0 aliphatic carbocycles. The largest absolute Gasteiger partial charge is 0.392 e. The van der Waals surface area contributed by atoms with E-state index in [1.165, 1.54) is 0 Å². The van der Waals surface area contributed by atoms with Gasteiger partial charge in [0.25, 0.3) is 0 Å². The van der Waals surface area contributed by atoms with Gasteiger partial charge in [0.1, 0.15) is 0 Å². The molecule has 0 spiro atoms. The van der Waals surface area contributed by atoms with E-state index in [9.17, 15) is 9.90 Å². The lowest BCUT2D eigenvalue weighted by atomic mass is 10.0. The van der Waals surface area contributed by atoms with Crippen LogP contribution in [0.4, 0.5) is 0 Å². The fraction of sp³-hybridized carbons (Fsp3) is 0.909. The lowest BCUT2D eigenvalue weighted by Gasteiger charge is -2.36. The molecule has 0 unspecified atom stereocenters. The van der Waals surface area contributed by atoms with Crippen LogP contribution in [0.5, 0.6) is 0 Å². The Labute approximate surface area is 90.9 Å². The van der Waals surface area contributed by atoms with Gasteiger partial charge in [0.05, 0.1) is 6.10 Å². The molecule has 86 valence electrons. The van der Waals surface area contributed by atoms with Crippen LogP contribution >= 0.6 is 0 Å². The Kier molecular flexibility index (Phi) is 3.26. The minimum Gasteiger partial charge on any atom is -0.392 e. The first kappa shape index (κ1) is 10.9. The van der Waals surface area contributed by atoms with Gasteiger partial charge in [-0.1, -0.05) is 0 Å². The molecule has 2 saturated heterocycles. The van der Waals surface area contributed by atoms with Crippen molar-refractivity contribution in [1.29, 1.82) is 0 Å². The summed E-state index contributed by atoms with van der Waals surface area (Å²) < 4.78 is 0. The number of hydrogen-bond acceptors (Lipinski definition) is 3. The zero-order chi connectivity index (χ0) is 10.8. The molecule has 15 heavy (non-hydrogen) atoms. The van der Waals surface area contributed by atoms with Gasteiger partial charge < -0.3 is 10.0 Å². The average Bonchev–Trinajstić information content (AvgIpc) is 2.65. The van der Waals surface area contributed by atoms with Crippen molar-refractivity contribution in [3.63, 3.8) is 0 Å². The number of likely N-dealkylation sites (tertiary alicyclic amines) is 2. The summed E-state index contributed by atoms with van der Waals surface area (Å²) in [6.07, 6.45) is 2.90. The van der Waals surface area contributed by atoms with Crippen LogP contribution in [0.2, 0.25) is 0 Å². The quantitative estimate of drug-likeness (QED) is 0.668. The Morgan fingerprint density at radius 2 is 1.87 bits per heavy atom. The molecule has 0 bridgehead atoms. The lowest BCUT2D eigenvalue weighted by molar-refractivity contribution is -0.130. The number of carbonyl (C=O) groups is 1. The molecule has 0 saturated carbocycles. The van der Waals surface area contributed by atoms with Gasteiger partial charge in [0.2, 0.25) is 5.91 Å². The van der Waals surface area contributed by atoms with E-state index >= 15 is 0 Å². The van der Waals surface area contributed by atoms with E-state index in [4.69, 9.17) is 0 Å². The first-order valence-corrected chi connectivity index (χ1v) is 5.84. The van der Waals surface area contributed by atoms with Crippen LogP contribution in [-0.2, 0) is 4.79 Å². The maximum atomic E-state index is 11.2. The van der Waals surface area contributed by atoms with Crippen molar-refractivity contribution < 1.29 is 9.90 Å². The van der Waals surface area contributed by atoms with Crippen molar-refractivity contribution >= 4 is 5.91 Å². The molecule has 2 aliphatic heterocycles. The summed E-state index contributed by atoms with van der Waals surface area (Å²) in [6.45, 7) is 5.25. The number of aliphatic hydroxyl groups is 1. The third-order valence-electron chi connectivity index (χ3n) is 3.62. The fourth-order valence-corrected chi connectivity index (χ4v) is 2.65. The molecule has 2 fully saturated rings. The number of hydrogen-bond donors (Lipinski definition) is 1. The summed E-state index contributed by atoms with van der Waals surface area (Å²) in [7, 11) is 0. The van der Waals surface area contributed by atoms with E-state index in [0.29, 0.717) is 6.04 Å². The molecule has 0 aromatic rings. The third-order valence-corrected chi connectivity index (χ3v) is 3.62. The Bertz CT molecular complexity index is 237. The van der Waals surface area contributed by atoms with E-state index in [2.05, 4.69) is 4.90 Å². The molecule has 1 N–H and O–H groups in total.